The summed E-state index contributed by atoms with van der Waals surface area (Å²) in [6.07, 6.45) is 0.527. The van der Waals surface area contributed by atoms with Crippen LogP contribution in [0, 0.1) is 18.3 Å². The highest BCUT2D eigenvalue weighted by atomic mass is 16.3. The number of rotatable bonds is 5. The zero-order valence-corrected chi connectivity index (χ0v) is 10.8. The van der Waals surface area contributed by atoms with Crippen molar-refractivity contribution in [2.75, 3.05) is 11.4 Å². The van der Waals surface area contributed by atoms with Crippen molar-refractivity contribution < 1.29 is 5.11 Å². The van der Waals surface area contributed by atoms with Crippen molar-refractivity contribution >= 4 is 5.69 Å². The zero-order valence-electron chi connectivity index (χ0n) is 10.8. The first-order valence-electron chi connectivity index (χ1n) is 5.94. The van der Waals surface area contributed by atoms with Crippen molar-refractivity contribution in [3.8, 4) is 6.07 Å². The number of nitriles is 1. The van der Waals surface area contributed by atoms with Crippen LogP contribution in [0.1, 0.15) is 31.4 Å². The van der Waals surface area contributed by atoms with Gasteiger partial charge < -0.3 is 10.0 Å². The van der Waals surface area contributed by atoms with Gasteiger partial charge in [-0.3, -0.25) is 0 Å². The van der Waals surface area contributed by atoms with Gasteiger partial charge in [-0.25, -0.2) is 0 Å². The van der Waals surface area contributed by atoms with E-state index in [0.29, 0.717) is 12.5 Å². The van der Waals surface area contributed by atoms with E-state index in [-0.39, 0.29) is 6.61 Å². The second kappa shape index (κ2) is 6.27. The summed E-state index contributed by atoms with van der Waals surface area (Å²) in [5, 5.41) is 17.8. The third kappa shape index (κ3) is 3.47. The molecule has 0 amide bonds. The molecule has 0 unspecified atom stereocenters. The van der Waals surface area contributed by atoms with Gasteiger partial charge in [0.25, 0.3) is 0 Å². The van der Waals surface area contributed by atoms with Crippen LogP contribution in [0.25, 0.3) is 0 Å². The summed E-state index contributed by atoms with van der Waals surface area (Å²) in [5.74, 6) is 0. The molecule has 0 aliphatic rings. The van der Waals surface area contributed by atoms with Gasteiger partial charge in [0.1, 0.15) is 0 Å². The van der Waals surface area contributed by atoms with Crippen LogP contribution in [0.15, 0.2) is 18.2 Å². The Morgan fingerprint density at radius 1 is 1.41 bits per heavy atom. The summed E-state index contributed by atoms with van der Waals surface area (Å²) in [7, 11) is 0. The number of hydrogen-bond acceptors (Lipinski definition) is 3. The number of aliphatic hydroxyl groups is 1. The largest absolute Gasteiger partial charge is 0.392 e. The van der Waals surface area contributed by atoms with E-state index in [2.05, 4.69) is 24.8 Å². The summed E-state index contributed by atoms with van der Waals surface area (Å²) in [6.45, 7) is 7.10. The SMILES string of the molecule is Cc1cc(CO)ccc1N(CCC#N)C(C)C. The Bertz CT molecular complexity index is 407. The molecule has 0 radical (unpaired) electrons. The van der Waals surface area contributed by atoms with Gasteiger partial charge in [0.15, 0.2) is 0 Å². The van der Waals surface area contributed by atoms with Crippen LogP contribution in [-0.2, 0) is 6.61 Å². The van der Waals surface area contributed by atoms with Crippen molar-refractivity contribution in [1.82, 2.24) is 0 Å². The minimum atomic E-state index is 0.0704. The van der Waals surface area contributed by atoms with Crippen LogP contribution in [0.5, 0.6) is 0 Å². The molecule has 1 rings (SSSR count). The quantitative estimate of drug-likeness (QED) is 0.849. The minimum Gasteiger partial charge on any atom is -0.392 e. The Hall–Kier alpha value is -1.53. The minimum absolute atomic E-state index is 0.0704. The number of hydrogen-bond donors (Lipinski definition) is 1. The molecule has 0 atom stereocenters. The molecule has 0 aromatic heterocycles. The van der Waals surface area contributed by atoms with Gasteiger partial charge in [0.05, 0.1) is 19.1 Å². The highest BCUT2D eigenvalue weighted by molar-refractivity contribution is 5.55. The Morgan fingerprint density at radius 3 is 2.59 bits per heavy atom. The number of anilines is 1. The third-order valence-corrected chi connectivity index (χ3v) is 2.84. The molecule has 17 heavy (non-hydrogen) atoms. The van der Waals surface area contributed by atoms with Gasteiger partial charge in [0, 0.05) is 18.3 Å². The fourth-order valence-corrected chi connectivity index (χ4v) is 1.97. The first-order chi connectivity index (χ1) is 8.10. The smallest absolute Gasteiger partial charge is 0.0681 e. The lowest BCUT2D eigenvalue weighted by Gasteiger charge is -2.30. The lowest BCUT2D eigenvalue weighted by Crippen LogP contribution is -2.32. The molecule has 0 saturated carbocycles. The van der Waals surface area contributed by atoms with Crippen molar-refractivity contribution in [2.45, 2.75) is 39.8 Å². The average Bonchev–Trinajstić information content (AvgIpc) is 2.30. The second-order valence-electron chi connectivity index (χ2n) is 4.47. The number of aliphatic hydroxyl groups excluding tert-OH is 1. The second-order valence-corrected chi connectivity index (χ2v) is 4.47. The fourth-order valence-electron chi connectivity index (χ4n) is 1.97. The van der Waals surface area contributed by atoms with E-state index in [0.717, 1.165) is 23.4 Å². The topological polar surface area (TPSA) is 47.3 Å². The maximum Gasteiger partial charge on any atom is 0.0681 e. The first kappa shape index (κ1) is 13.5. The molecule has 3 heteroatoms. The van der Waals surface area contributed by atoms with Crippen LogP contribution in [0.2, 0.25) is 0 Å². The number of benzene rings is 1. The lowest BCUT2D eigenvalue weighted by molar-refractivity contribution is 0.282. The molecule has 0 spiro atoms. The van der Waals surface area contributed by atoms with E-state index in [4.69, 9.17) is 10.4 Å². The van der Waals surface area contributed by atoms with Crippen molar-refractivity contribution in [2.24, 2.45) is 0 Å². The van der Waals surface area contributed by atoms with Crippen molar-refractivity contribution in [1.29, 1.82) is 5.26 Å². The molecular weight excluding hydrogens is 212 g/mol. The zero-order chi connectivity index (χ0) is 12.8. The normalized spacial score (nSPS) is 10.4. The molecule has 1 aromatic rings. The molecule has 1 aromatic carbocycles. The molecule has 0 aliphatic carbocycles. The fraction of sp³-hybridized carbons (Fsp3) is 0.500. The molecule has 0 aliphatic heterocycles. The monoisotopic (exact) mass is 232 g/mol. The average molecular weight is 232 g/mol. The number of nitrogens with zero attached hydrogens (tertiary/aromatic N) is 2. The van der Waals surface area contributed by atoms with Gasteiger partial charge in [-0.1, -0.05) is 12.1 Å². The predicted octanol–water partition coefficient (Wildman–Crippen LogP) is 2.62. The van der Waals surface area contributed by atoms with Crippen LogP contribution < -0.4 is 4.90 Å². The molecular formula is C14H20N2O. The lowest BCUT2D eigenvalue weighted by atomic mass is 10.1. The molecule has 0 heterocycles. The highest BCUT2D eigenvalue weighted by Gasteiger charge is 2.12. The van der Waals surface area contributed by atoms with Gasteiger partial charge in [-0.2, -0.15) is 5.26 Å². The summed E-state index contributed by atoms with van der Waals surface area (Å²) in [4.78, 5) is 2.22. The summed E-state index contributed by atoms with van der Waals surface area (Å²) in [5.41, 5.74) is 3.21. The number of aryl methyl sites for hydroxylation is 1. The maximum atomic E-state index is 9.09. The third-order valence-electron chi connectivity index (χ3n) is 2.84. The van der Waals surface area contributed by atoms with Gasteiger partial charge >= 0.3 is 0 Å². The Labute approximate surface area is 103 Å². The molecule has 1 N–H and O–H groups in total. The molecule has 0 saturated heterocycles. The Balaban J connectivity index is 2.98. The maximum absolute atomic E-state index is 9.09. The van der Waals surface area contributed by atoms with Crippen LogP contribution in [0.3, 0.4) is 0 Å². The van der Waals surface area contributed by atoms with Crippen LogP contribution in [-0.4, -0.2) is 17.7 Å². The van der Waals surface area contributed by atoms with Crippen molar-refractivity contribution in [3.63, 3.8) is 0 Å². The van der Waals surface area contributed by atoms with E-state index in [1.165, 1.54) is 0 Å². The van der Waals surface area contributed by atoms with Gasteiger partial charge in [-0.05, 0) is 38.0 Å². The standard InChI is InChI=1S/C14H20N2O/c1-11(2)16(8-4-7-15)14-6-5-13(10-17)9-12(14)3/h5-6,9,11,17H,4,8,10H2,1-3H3. The van der Waals surface area contributed by atoms with Gasteiger partial charge in [-0.15, -0.1) is 0 Å². The van der Waals surface area contributed by atoms with Crippen molar-refractivity contribution in [3.05, 3.63) is 29.3 Å². The summed E-state index contributed by atoms with van der Waals surface area (Å²) < 4.78 is 0. The van der Waals surface area contributed by atoms with Crippen LogP contribution >= 0.6 is 0 Å². The summed E-state index contributed by atoms with van der Waals surface area (Å²) in [6, 6.07) is 8.50. The molecule has 3 nitrogen and oxygen atoms in total. The van der Waals surface area contributed by atoms with Gasteiger partial charge in [0.2, 0.25) is 0 Å². The first-order valence-corrected chi connectivity index (χ1v) is 5.94. The van der Waals surface area contributed by atoms with E-state index >= 15 is 0 Å². The molecule has 0 fully saturated rings. The Morgan fingerprint density at radius 2 is 2.12 bits per heavy atom. The van der Waals surface area contributed by atoms with E-state index in [1.807, 2.05) is 25.1 Å². The van der Waals surface area contributed by atoms with Crippen LogP contribution in [0.4, 0.5) is 5.69 Å². The van der Waals surface area contributed by atoms with E-state index < -0.39 is 0 Å². The Kier molecular flexibility index (Phi) is 4.99. The highest BCUT2D eigenvalue weighted by Crippen LogP contribution is 2.23. The molecule has 92 valence electrons. The van der Waals surface area contributed by atoms with E-state index in [1.54, 1.807) is 0 Å². The predicted molar refractivity (Wildman–Crippen MR) is 69.8 cm³/mol. The molecule has 0 bridgehead atoms. The van der Waals surface area contributed by atoms with E-state index in [9.17, 15) is 0 Å². The summed E-state index contributed by atoms with van der Waals surface area (Å²) >= 11 is 0.